The molecule has 0 saturated heterocycles. The van der Waals surface area contributed by atoms with Gasteiger partial charge in [0.25, 0.3) is 0 Å². The number of aryl methyl sites for hydroxylation is 1. The Morgan fingerprint density at radius 1 is 1.33 bits per heavy atom. The number of aromatic amines is 1. The minimum atomic E-state index is -0.172. The zero-order chi connectivity index (χ0) is 10.8. The van der Waals surface area contributed by atoms with Gasteiger partial charge in [-0.25, -0.2) is 4.39 Å². The summed E-state index contributed by atoms with van der Waals surface area (Å²) in [5.41, 5.74) is 3.08. The quantitative estimate of drug-likeness (QED) is 0.794. The van der Waals surface area contributed by atoms with Gasteiger partial charge < -0.3 is 10.3 Å². The van der Waals surface area contributed by atoms with E-state index in [1.54, 1.807) is 12.1 Å². The van der Waals surface area contributed by atoms with Crippen molar-refractivity contribution in [3.63, 3.8) is 0 Å². The fourth-order valence-corrected chi connectivity index (χ4v) is 1.79. The normalized spacial score (nSPS) is 11.1. The van der Waals surface area contributed by atoms with Gasteiger partial charge in [0, 0.05) is 23.1 Å². The molecule has 0 atom stereocenters. The average Bonchev–Trinajstić information content (AvgIpc) is 2.57. The van der Waals surface area contributed by atoms with Gasteiger partial charge in [-0.15, -0.1) is 0 Å². The molecule has 1 heterocycles. The van der Waals surface area contributed by atoms with Crippen LogP contribution >= 0.6 is 0 Å². The van der Waals surface area contributed by atoms with Gasteiger partial charge in [-0.1, -0.05) is 6.92 Å². The van der Waals surface area contributed by atoms with Gasteiger partial charge in [0.1, 0.15) is 5.82 Å². The monoisotopic (exact) mass is 206 g/mol. The summed E-state index contributed by atoms with van der Waals surface area (Å²) in [5.74, 6) is -0.172. The molecule has 2 aromatic rings. The summed E-state index contributed by atoms with van der Waals surface area (Å²) < 4.78 is 13.1. The summed E-state index contributed by atoms with van der Waals surface area (Å²) in [7, 11) is 0. The number of nitrogens with one attached hydrogen (secondary N) is 2. The van der Waals surface area contributed by atoms with Crippen LogP contribution < -0.4 is 5.32 Å². The van der Waals surface area contributed by atoms with E-state index in [9.17, 15) is 4.39 Å². The lowest BCUT2D eigenvalue weighted by Crippen LogP contribution is -2.11. The molecule has 0 amide bonds. The Morgan fingerprint density at radius 3 is 2.87 bits per heavy atom. The number of hydrogen-bond acceptors (Lipinski definition) is 1. The highest BCUT2D eigenvalue weighted by Gasteiger charge is 2.04. The van der Waals surface area contributed by atoms with E-state index in [1.165, 1.54) is 0 Å². The highest BCUT2D eigenvalue weighted by Crippen LogP contribution is 2.20. The Labute approximate surface area is 88.5 Å². The van der Waals surface area contributed by atoms with Gasteiger partial charge in [-0.05, 0) is 37.2 Å². The molecule has 0 aliphatic rings. The van der Waals surface area contributed by atoms with Gasteiger partial charge in [0.2, 0.25) is 0 Å². The van der Waals surface area contributed by atoms with Crippen LogP contribution in [0.15, 0.2) is 18.2 Å². The summed E-state index contributed by atoms with van der Waals surface area (Å²) >= 11 is 0. The zero-order valence-electron chi connectivity index (χ0n) is 9.02. The Kier molecular flexibility index (Phi) is 2.73. The molecule has 0 unspecified atom stereocenters. The van der Waals surface area contributed by atoms with Crippen LogP contribution in [0, 0.1) is 12.7 Å². The summed E-state index contributed by atoms with van der Waals surface area (Å²) in [6, 6.07) is 5.11. The van der Waals surface area contributed by atoms with Crippen LogP contribution in [0.3, 0.4) is 0 Å². The van der Waals surface area contributed by atoms with Gasteiger partial charge in [0.15, 0.2) is 0 Å². The van der Waals surface area contributed by atoms with E-state index in [-0.39, 0.29) is 5.82 Å². The Bertz CT molecular complexity index is 474. The molecular formula is C12H15FN2. The second-order valence-corrected chi connectivity index (χ2v) is 3.76. The lowest BCUT2D eigenvalue weighted by molar-refractivity contribution is 0.628. The molecule has 0 aliphatic heterocycles. The van der Waals surface area contributed by atoms with Gasteiger partial charge in [-0.2, -0.15) is 0 Å². The van der Waals surface area contributed by atoms with E-state index in [0.717, 1.165) is 35.2 Å². The van der Waals surface area contributed by atoms with Crippen LogP contribution in [0.5, 0.6) is 0 Å². The predicted octanol–water partition coefficient (Wildman–Crippen LogP) is 2.72. The molecule has 0 saturated carbocycles. The molecule has 80 valence electrons. The highest BCUT2D eigenvalue weighted by atomic mass is 19.1. The van der Waals surface area contributed by atoms with Crippen molar-refractivity contribution in [1.82, 2.24) is 10.3 Å². The van der Waals surface area contributed by atoms with E-state index in [1.807, 2.05) is 13.0 Å². The SMILES string of the molecule is CCNCc1cc2cc(F)cc(C)c2[nH]1. The minimum absolute atomic E-state index is 0.172. The number of hydrogen-bond donors (Lipinski definition) is 2. The largest absolute Gasteiger partial charge is 0.357 e. The lowest BCUT2D eigenvalue weighted by atomic mass is 10.1. The first-order valence-electron chi connectivity index (χ1n) is 5.19. The number of fused-ring (bicyclic) bond motifs is 1. The Balaban J connectivity index is 2.41. The fraction of sp³-hybridized carbons (Fsp3) is 0.333. The third kappa shape index (κ3) is 2.02. The van der Waals surface area contributed by atoms with Crippen LogP contribution in [0.1, 0.15) is 18.2 Å². The molecule has 15 heavy (non-hydrogen) atoms. The van der Waals surface area contributed by atoms with Crippen LogP contribution in [-0.2, 0) is 6.54 Å². The van der Waals surface area contributed by atoms with E-state index in [4.69, 9.17) is 0 Å². The first-order valence-corrected chi connectivity index (χ1v) is 5.19. The van der Waals surface area contributed by atoms with Gasteiger partial charge in [-0.3, -0.25) is 0 Å². The summed E-state index contributed by atoms with van der Waals surface area (Å²) in [5, 5.41) is 4.18. The molecule has 1 aromatic carbocycles. The number of aromatic nitrogens is 1. The van der Waals surface area contributed by atoms with Crippen molar-refractivity contribution in [2.75, 3.05) is 6.54 Å². The standard InChI is InChI=1S/C12H15FN2/c1-3-14-7-11-6-9-5-10(13)4-8(2)12(9)15-11/h4-6,14-15H,3,7H2,1-2H3. The van der Waals surface area contributed by atoms with E-state index in [2.05, 4.69) is 17.2 Å². The number of halogens is 1. The topological polar surface area (TPSA) is 27.8 Å². The van der Waals surface area contributed by atoms with Gasteiger partial charge in [0.05, 0.1) is 0 Å². The molecule has 0 spiro atoms. The number of benzene rings is 1. The molecule has 2 rings (SSSR count). The van der Waals surface area contributed by atoms with Crippen molar-refractivity contribution < 1.29 is 4.39 Å². The van der Waals surface area contributed by atoms with Crippen molar-refractivity contribution in [2.24, 2.45) is 0 Å². The maximum absolute atomic E-state index is 13.1. The Hall–Kier alpha value is -1.35. The molecule has 2 N–H and O–H groups in total. The lowest BCUT2D eigenvalue weighted by Gasteiger charge is -1.97. The zero-order valence-corrected chi connectivity index (χ0v) is 9.02. The van der Waals surface area contributed by atoms with Gasteiger partial charge >= 0.3 is 0 Å². The van der Waals surface area contributed by atoms with Crippen LogP contribution in [-0.4, -0.2) is 11.5 Å². The maximum Gasteiger partial charge on any atom is 0.124 e. The molecule has 3 heteroatoms. The van der Waals surface area contributed by atoms with Crippen LogP contribution in [0.4, 0.5) is 4.39 Å². The van der Waals surface area contributed by atoms with Crippen molar-refractivity contribution in [2.45, 2.75) is 20.4 Å². The number of rotatable bonds is 3. The first-order chi connectivity index (χ1) is 7.20. The molecule has 2 nitrogen and oxygen atoms in total. The highest BCUT2D eigenvalue weighted by molar-refractivity contribution is 5.83. The molecule has 0 bridgehead atoms. The smallest absolute Gasteiger partial charge is 0.124 e. The number of H-pyrrole nitrogens is 1. The van der Waals surface area contributed by atoms with Crippen molar-refractivity contribution >= 4 is 10.9 Å². The molecule has 0 aliphatic carbocycles. The van der Waals surface area contributed by atoms with Crippen molar-refractivity contribution in [3.05, 3.63) is 35.3 Å². The van der Waals surface area contributed by atoms with Crippen molar-refractivity contribution in [1.29, 1.82) is 0 Å². The Morgan fingerprint density at radius 2 is 2.13 bits per heavy atom. The third-order valence-corrected chi connectivity index (χ3v) is 2.51. The minimum Gasteiger partial charge on any atom is -0.357 e. The fourth-order valence-electron chi connectivity index (χ4n) is 1.79. The molecule has 0 radical (unpaired) electrons. The summed E-state index contributed by atoms with van der Waals surface area (Å²) in [6.45, 7) is 5.71. The third-order valence-electron chi connectivity index (χ3n) is 2.51. The first kappa shape index (κ1) is 10.2. The average molecular weight is 206 g/mol. The molecule has 1 aromatic heterocycles. The van der Waals surface area contributed by atoms with E-state index >= 15 is 0 Å². The summed E-state index contributed by atoms with van der Waals surface area (Å²) in [6.07, 6.45) is 0. The molecular weight excluding hydrogens is 191 g/mol. The maximum atomic E-state index is 13.1. The second-order valence-electron chi connectivity index (χ2n) is 3.76. The van der Waals surface area contributed by atoms with Crippen LogP contribution in [0.2, 0.25) is 0 Å². The van der Waals surface area contributed by atoms with E-state index < -0.39 is 0 Å². The second kappa shape index (κ2) is 4.03. The molecule has 0 fully saturated rings. The summed E-state index contributed by atoms with van der Waals surface area (Å²) in [4.78, 5) is 3.30. The van der Waals surface area contributed by atoms with E-state index in [0.29, 0.717) is 0 Å². The van der Waals surface area contributed by atoms with Crippen molar-refractivity contribution in [3.8, 4) is 0 Å². The predicted molar refractivity (Wildman–Crippen MR) is 60.4 cm³/mol. The van der Waals surface area contributed by atoms with Crippen LogP contribution in [0.25, 0.3) is 10.9 Å².